The highest BCUT2D eigenvalue weighted by atomic mass is 32.1. The maximum atomic E-state index is 10.8. The Hall–Kier alpha value is -1.19. The normalized spacial score (nSPS) is 18.7. The standard InChI is InChI=1S/C12H21N5O2S/c13-15-11(18)16-14-5-8-17-6-3-12(19,4-7-17)10-2-1-9-20-10/h1-2,9,14,19H,3-8,13H2,(H2,15,16,18). The van der Waals surface area contributed by atoms with E-state index in [1.807, 2.05) is 22.9 Å². The Kier molecular flexibility index (Phi) is 5.32. The molecular weight excluding hydrogens is 278 g/mol. The summed E-state index contributed by atoms with van der Waals surface area (Å²) < 4.78 is 0. The summed E-state index contributed by atoms with van der Waals surface area (Å²) in [6.07, 6.45) is 1.48. The largest absolute Gasteiger partial charge is 0.384 e. The second kappa shape index (κ2) is 7.00. The van der Waals surface area contributed by atoms with Gasteiger partial charge >= 0.3 is 6.03 Å². The second-order valence-electron chi connectivity index (χ2n) is 4.88. The van der Waals surface area contributed by atoms with Gasteiger partial charge in [-0.05, 0) is 24.3 Å². The summed E-state index contributed by atoms with van der Waals surface area (Å²) in [6, 6.07) is 3.51. The van der Waals surface area contributed by atoms with E-state index >= 15 is 0 Å². The van der Waals surface area contributed by atoms with E-state index in [1.165, 1.54) is 0 Å². The van der Waals surface area contributed by atoms with Gasteiger partial charge in [-0.25, -0.2) is 16.1 Å². The lowest BCUT2D eigenvalue weighted by atomic mass is 9.90. The molecule has 0 aliphatic carbocycles. The predicted octanol–water partition coefficient (Wildman–Crippen LogP) is -0.291. The van der Waals surface area contributed by atoms with Gasteiger partial charge in [0, 0.05) is 31.1 Å². The lowest BCUT2D eigenvalue weighted by molar-refractivity contribution is -0.0226. The van der Waals surface area contributed by atoms with Gasteiger partial charge in [-0.2, -0.15) is 0 Å². The number of rotatable bonds is 5. The van der Waals surface area contributed by atoms with Gasteiger partial charge in [0.25, 0.3) is 0 Å². The first-order valence-corrected chi connectivity index (χ1v) is 7.50. The van der Waals surface area contributed by atoms with Gasteiger partial charge < -0.3 is 10.0 Å². The van der Waals surface area contributed by atoms with E-state index < -0.39 is 11.6 Å². The molecule has 1 aromatic heterocycles. The van der Waals surface area contributed by atoms with Crippen molar-refractivity contribution in [1.29, 1.82) is 0 Å². The van der Waals surface area contributed by atoms with Crippen LogP contribution < -0.4 is 22.1 Å². The number of piperidine rings is 1. The molecule has 7 nitrogen and oxygen atoms in total. The van der Waals surface area contributed by atoms with Gasteiger partial charge in [-0.15, -0.1) is 11.3 Å². The van der Waals surface area contributed by atoms with Crippen LogP contribution in [0.4, 0.5) is 4.79 Å². The zero-order valence-corrected chi connectivity index (χ0v) is 12.1. The minimum atomic E-state index is -0.671. The Balaban J connectivity index is 1.68. The number of hydrogen-bond acceptors (Lipinski definition) is 6. The first-order chi connectivity index (χ1) is 9.64. The molecule has 2 heterocycles. The summed E-state index contributed by atoms with van der Waals surface area (Å²) in [4.78, 5) is 14.1. The van der Waals surface area contributed by atoms with E-state index in [4.69, 9.17) is 5.84 Å². The lowest BCUT2D eigenvalue weighted by Crippen LogP contribution is -2.50. The molecule has 20 heavy (non-hydrogen) atoms. The molecule has 8 heteroatoms. The SMILES string of the molecule is NNC(=O)NNCCN1CCC(O)(c2cccs2)CC1. The van der Waals surface area contributed by atoms with E-state index in [2.05, 4.69) is 15.8 Å². The average molecular weight is 299 g/mol. The average Bonchev–Trinajstić information content (AvgIpc) is 3.00. The van der Waals surface area contributed by atoms with Crippen molar-refractivity contribution >= 4 is 17.4 Å². The molecule has 1 fully saturated rings. The van der Waals surface area contributed by atoms with Crippen LogP contribution in [0.25, 0.3) is 0 Å². The van der Waals surface area contributed by atoms with E-state index in [-0.39, 0.29) is 0 Å². The zero-order valence-electron chi connectivity index (χ0n) is 11.3. The third-order valence-electron chi connectivity index (χ3n) is 3.55. The van der Waals surface area contributed by atoms with Crippen LogP contribution in [0.3, 0.4) is 0 Å². The summed E-state index contributed by atoms with van der Waals surface area (Å²) >= 11 is 1.61. The topological polar surface area (TPSA) is 103 Å². The van der Waals surface area contributed by atoms with Gasteiger partial charge in [0.05, 0.1) is 0 Å². The minimum Gasteiger partial charge on any atom is -0.384 e. The summed E-state index contributed by atoms with van der Waals surface area (Å²) in [7, 11) is 0. The van der Waals surface area contributed by atoms with Crippen LogP contribution in [0.1, 0.15) is 17.7 Å². The van der Waals surface area contributed by atoms with Crippen LogP contribution in [0.5, 0.6) is 0 Å². The van der Waals surface area contributed by atoms with E-state index in [9.17, 15) is 9.90 Å². The molecule has 0 unspecified atom stereocenters. The van der Waals surface area contributed by atoms with Crippen molar-refractivity contribution in [2.45, 2.75) is 18.4 Å². The first kappa shape index (κ1) is 15.2. The van der Waals surface area contributed by atoms with Crippen molar-refractivity contribution < 1.29 is 9.90 Å². The molecule has 0 spiro atoms. The number of amides is 2. The van der Waals surface area contributed by atoms with Gasteiger partial charge in [0.15, 0.2) is 0 Å². The number of nitrogens with zero attached hydrogens (tertiary/aromatic N) is 1. The highest BCUT2D eigenvalue weighted by Gasteiger charge is 2.34. The van der Waals surface area contributed by atoms with Crippen LogP contribution in [0.2, 0.25) is 0 Å². The summed E-state index contributed by atoms with van der Waals surface area (Å²) in [5, 5.41) is 12.6. The summed E-state index contributed by atoms with van der Waals surface area (Å²) in [5.74, 6) is 4.93. The van der Waals surface area contributed by atoms with Gasteiger partial charge in [0.2, 0.25) is 0 Å². The van der Waals surface area contributed by atoms with E-state index in [0.717, 1.165) is 37.4 Å². The van der Waals surface area contributed by atoms with E-state index in [1.54, 1.807) is 11.3 Å². The third-order valence-corrected chi connectivity index (χ3v) is 4.61. The van der Waals surface area contributed by atoms with Crippen LogP contribution in [-0.2, 0) is 5.60 Å². The molecule has 1 aliphatic heterocycles. The molecule has 2 amide bonds. The molecule has 2 rings (SSSR count). The predicted molar refractivity (Wildman–Crippen MR) is 77.7 cm³/mol. The number of likely N-dealkylation sites (tertiary alicyclic amines) is 1. The smallest absolute Gasteiger partial charge is 0.343 e. The van der Waals surface area contributed by atoms with Crippen molar-refractivity contribution in [3.63, 3.8) is 0 Å². The van der Waals surface area contributed by atoms with Crippen molar-refractivity contribution in [3.05, 3.63) is 22.4 Å². The Morgan fingerprint density at radius 3 is 2.85 bits per heavy atom. The highest BCUT2D eigenvalue weighted by Crippen LogP contribution is 2.35. The maximum absolute atomic E-state index is 10.8. The molecular formula is C12H21N5O2S. The Bertz CT molecular complexity index is 417. The third kappa shape index (κ3) is 3.90. The van der Waals surface area contributed by atoms with Gasteiger partial charge in [0.1, 0.15) is 5.60 Å². The molecule has 112 valence electrons. The second-order valence-corrected chi connectivity index (χ2v) is 5.82. The quantitative estimate of drug-likeness (QED) is 0.222. The number of nitrogens with one attached hydrogen (secondary N) is 3. The first-order valence-electron chi connectivity index (χ1n) is 6.62. The number of thiophene rings is 1. The van der Waals surface area contributed by atoms with Crippen LogP contribution in [0, 0.1) is 0 Å². The molecule has 6 N–H and O–H groups in total. The van der Waals surface area contributed by atoms with Gasteiger partial charge in [-0.3, -0.25) is 10.9 Å². The number of carbonyl (C=O) groups excluding carboxylic acids is 1. The number of nitrogens with two attached hydrogens (primary N) is 1. The van der Waals surface area contributed by atoms with Crippen molar-refractivity contribution in [2.75, 3.05) is 26.2 Å². The van der Waals surface area contributed by atoms with Crippen molar-refractivity contribution in [2.24, 2.45) is 5.84 Å². The molecule has 1 aliphatic rings. The summed E-state index contributed by atoms with van der Waals surface area (Å²) in [5.41, 5.74) is 6.50. The molecule has 1 saturated heterocycles. The monoisotopic (exact) mass is 299 g/mol. The summed E-state index contributed by atoms with van der Waals surface area (Å²) in [6.45, 7) is 3.13. The molecule has 1 aromatic rings. The minimum absolute atomic E-state index is 0.462. The number of hydrazine groups is 2. The van der Waals surface area contributed by atoms with Crippen LogP contribution in [-0.4, -0.2) is 42.2 Å². The van der Waals surface area contributed by atoms with Crippen molar-refractivity contribution in [1.82, 2.24) is 21.2 Å². The fraction of sp³-hybridized carbons (Fsp3) is 0.583. The number of aliphatic hydroxyl groups is 1. The molecule has 0 bridgehead atoms. The Morgan fingerprint density at radius 2 is 2.25 bits per heavy atom. The van der Waals surface area contributed by atoms with Crippen LogP contribution >= 0.6 is 11.3 Å². The fourth-order valence-electron chi connectivity index (χ4n) is 2.33. The molecule has 0 radical (unpaired) electrons. The number of urea groups is 1. The number of hydrogen-bond donors (Lipinski definition) is 5. The molecule has 0 aromatic carbocycles. The van der Waals surface area contributed by atoms with Crippen LogP contribution in [0.15, 0.2) is 17.5 Å². The maximum Gasteiger partial charge on any atom is 0.343 e. The molecule has 0 saturated carbocycles. The zero-order chi connectivity index (χ0) is 14.4. The Morgan fingerprint density at radius 1 is 1.50 bits per heavy atom. The molecule has 0 atom stereocenters. The van der Waals surface area contributed by atoms with Crippen molar-refractivity contribution in [3.8, 4) is 0 Å². The number of carbonyl (C=O) groups is 1. The Labute approximate surface area is 122 Å². The lowest BCUT2D eigenvalue weighted by Gasteiger charge is -2.37. The highest BCUT2D eigenvalue weighted by molar-refractivity contribution is 7.10. The fourth-order valence-corrected chi connectivity index (χ4v) is 3.21. The van der Waals surface area contributed by atoms with E-state index in [0.29, 0.717) is 6.54 Å². The van der Waals surface area contributed by atoms with Gasteiger partial charge in [-0.1, -0.05) is 6.07 Å².